The Morgan fingerprint density at radius 2 is 1.81 bits per heavy atom. The summed E-state index contributed by atoms with van der Waals surface area (Å²) in [6, 6.07) is 15.3. The predicted octanol–water partition coefficient (Wildman–Crippen LogP) is 5.76. The number of amides is 3. The van der Waals surface area contributed by atoms with Crippen LogP contribution in [0.3, 0.4) is 0 Å². The number of aryl methyl sites for hydroxylation is 1. The van der Waals surface area contributed by atoms with Crippen molar-refractivity contribution in [2.45, 2.75) is 26.7 Å². The lowest BCUT2D eigenvalue weighted by molar-refractivity contribution is -0.137. The van der Waals surface area contributed by atoms with Crippen molar-refractivity contribution in [3.63, 3.8) is 0 Å². The summed E-state index contributed by atoms with van der Waals surface area (Å²) in [5.74, 6) is -3.51. The second kappa shape index (κ2) is 13.9. The van der Waals surface area contributed by atoms with E-state index < -0.39 is 35.4 Å². The van der Waals surface area contributed by atoms with Crippen molar-refractivity contribution in [1.82, 2.24) is 15.3 Å². The van der Waals surface area contributed by atoms with Gasteiger partial charge in [-0.1, -0.05) is 12.1 Å². The Hall–Kier alpha value is -5.52. The molecular formula is C31H30FN5O6. The van der Waals surface area contributed by atoms with Crippen molar-refractivity contribution in [2.75, 3.05) is 17.2 Å². The molecule has 2 heterocycles. The van der Waals surface area contributed by atoms with Crippen LogP contribution in [-0.2, 0) is 9.59 Å². The number of hydrogen-bond acceptors (Lipinski definition) is 6. The van der Waals surface area contributed by atoms with Crippen LogP contribution in [0.1, 0.15) is 35.7 Å². The fourth-order valence-corrected chi connectivity index (χ4v) is 4.26. The third kappa shape index (κ3) is 8.26. The quantitative estimate of drug-likeness (QED) is 0.104. The molecule has 4 rings (SSSR count). The van der Waals surface area contributed by atoms with E-state index >= 15 is 0 Å². The fourth-order valence-electron chi connectivity index (χ4n) is 4.26. The van der Waals surface area contributed by atoms with E-state index in [0.29, 0.717) is 29.4 Å². The van der Waals surface area contributed by atoms with Crippen molar-refractivity contribution in [3.8, 4) is 22.9 Å². The highest BCUT2D eigenvalue weighted by Gasteiger charge is 2.28. The van der Waals surface area contributed by atoms with Crippen LogP contribution in [0.4, 0.5) is 20.6 Å². The van der Waals surface area contributed by atoms with Gasteiger partial charge in [-0.05, 0) is 62.2 Å². The van der Waals surface area contributed by atoms with E-state index in [-0.39, 0.29) is 29.8 Å². The molecule has 0 radical (unpaired) electrons. The van der Waals surface area contributed by atoms with Gasteiger partial charge in [0.1, 0.15) is 23.2 Å². The summed E-state index contributed by atoms with van der Waals surface area (Å²) in [5.41, 5.74) is 2.56. The number of carbonyl (C=O) groups excluding carboxylic acids is 3. The summed E-state index contributed by atoms with van der Waals surface area (Å²) in [6.07, 6.45) is 2.43. The molecule has 0 aliphatic rings. The average molecular weight is 588 g/mol. The van der Waals surface area contributed by atoms with Gasteiger partial charge in [-0.2, -0.15) is 0 Å². The Bertz CT molecular complexity index is 1650. The van der Waals surface area contributed by atoms with E-state index in [4.69, 9.17) is 9.84 Å². The number of ether oxygens (including phenoxy) is 1. The van der Waals surface area contributed by atoms with E-state index in [1.54, 1.807) is 37.3 Å². The molecule has 0 saturated heterocycles. The number of halogens is 1. The number of carboxylic acid groups (broad SMARTS) is 1. The van der Waals surface area contributed by atoms with Crippen LogP contribution in [0.15, 0.2) is 73.1 Å². The first kappa shape index (κ1) is 30.4. The summed E-state index contributed by atoms with van der Waals surface area (Å²) >= 11 is 0. The van der Waals surface area contributed by atoms with E-state index in [1.165, 1.54) is 30.6 Å². The first-order valence-corrected chi connectivity index (χ1v) is 13.4. The first-order valence-electron chi connectivity index (χ1n) is 13.4. The van der Waals surface area contributed by atoms with Gasteiger partial charge in [0.25, 0.3) is 0 Å². The molecule has 0 aliphatic heterocycles. The van der Waals surface area contributed by atoms with Crippen LogP contribution in [-0.4, -0.2) is 45.3 Å². The number of pyridine rings is 1. The van der Waals surface area contributed by atoms with Gasteiger partial charge in [0, 0.05) is 48.7 Å². The zero-order chi connectivity index (χ0) is 30.9. The van der Waals surface area contributed by atoms with Crippen LogP contribution in [0.5, 0.6) is 11.5 Å². The molecule has 0 aliphatic carbocycles. The lowest BCUT2D eigenvalue weighted by Gasteiger charge is -2.13. The number of Topliss-reactive ketones (excluding diaryl/α,β-unsaturated/α-hetero) is 1. The smallest absolute Gasteiger partial charge is 0.323 e. The number of carbonyl (C=O) groups is 4. The lowest BCUT2D eigenvalue weighted by Crippen LogP contribution is -2.35. The highest BCUT2D eigenvalue weighted by atomic mass is 19.1. The number of hydrogen-bond donors (Lipinski definition) is 5. The van der Waals surface area contributed by atoms with Gasteiger partial charge < -0.3 is 30.8 Å². The van der Waals surface area contributed by atoms with Crippen LogP contribution in [0, 0.1) is 18.7 Å². The number of aromatic nitrogens is 2. The normalized spacial score (nSPS) is 11.3. The molecular weight excluding hydrogens is 557 g/mol. The van der Waals surface area contributed by atoms with Gasteiger partial charge in [0.2, 0.25) is 5.91 Å². The van der Waals surface area contributed by atoms with Crippen molar-refractivity contribution in [2.24, 2.45) is 5.92 Å². The Kier molecular flexibility index (Phi) is 9.84. The monoisotopic (exact) mass is 587 g/mol. The molecule has 222 valence electrons. The maximum Gasteiger partial charge on any atom is 0.323 e. The summed E-state index contributed by atoms with van der Waals surface area (Å²) < 4.78 is 20.6. The first-order chi connectivity index (χ1) is 20.6. The number of aromatic amines is 1. The second-order valence-corrected chi connectivity index (χ2v) is 9.61. The molecule has 0 spiro atoms. The molecule has 0 unspecified atom stereocenters. The highest BCUT2D eigenvalue weighted by Crippen LogP contribution is 2.29. The molecule has 1 atom stereocenters. The van der Waals surface area contributed by atoms with Gasteiger partial charge >= 0.3 is 12.0 Å². The number of benzene rings is 2. The number of urea groups is 1. The predicted molar refractivity (Wildman–Crippen MR) is 158 cm³/mol. The van der Waals surface area contributed by atoms with E-state index in [0.717, 1.165) is 11.6 Å². The van der Waals surface area contributed by atoms with E-state index in [1.807, 2.05) is 13.0 Å². The second-order valence-electron chi connectivity index (χ2n) is 9.61. The van der Waals surface area contributed by atoms with Crippen molar-refractivity contribution in [1.29, 1.82) is 0 Å². The number of aliphatic carboxylic acids is 1. The number of nitrogens with one attached hydrogen (secondary N) is 4. The standard InChI is InChI=1S/C31H30FN5O6/c1-3-33-30(41)23(8-10-28(38)39)29(40)19-14-26(35-17-19)27-16-22(11-12-34-27)43-21-7-9-25(24(32)15-21)37-31(42)36-20-6-4-5-18(2)13-20/h4-7,9,11-17,23,35H,3,8,10H2,1-2H3,(H,33,41)(H,38,39)(H2,36,37,42)/t23-/m0/s1. The van der Waals surface area contributed by atoms with Crippen molar-refractivity contribution >= 4 is 35.1 Å². The van der Waals surface area contributed by atoms with Crippen LogP contribution >= 0.6 is 0 Å². The number of H-pyrrole nitrogens is 1. The highest BCUT2D eigenvalue weighted by molar-refractivity contribution is 6.10. The Labute approximate surface area is 246 Å². The Balaban J connectivity index is 1.43. The van der Waals surface area contributed by atoms with Gasteiger partial charge in [-0.3, -0.25) is 19.4 Å². The minimum atomic E-state index is -1.15. The Morgan fingerprint density at radius 3 is 2.53 bits per heavy atom. The summed E-state index contributed by atoms with van der Waals surface area (Å²) in [6.45, 7) is 3.90. The summed E-state index contributed by atoms with van der Waals surface area (Å²) in [7, 11) is 0. The Morgan fingerprint density at radius 1 is 1.02 bits per heavy atom. The fraction of sp³-hybridized carbons (Fsp3) is 0.194. The topological polar surface area (TPSA) is 163 Å². The average Bonchev–Trinajstić information content (AvgIpc) is 3.45. The van der Waals surface area contributed by atoms with Crippen molar-refractivity contribution < 1.29 is 33.4 Å². The zero-order valence-electron chi connectivity index (χ0n) is 23.4. The minimum Gasteiger partial charge on any atom is -0.481 e. The van der Waals surface area contributed by atoms with Crippen LogP contribution in [0.25, 0.3) is 11.4 Å². The molecule has 5 N–H and O–H groups in total. The number of carboxylic acids is 1. The maximum atomic E-state index is 14.8. The van der Waals surface area contributed by atoms with E-state index in [2.05, 4.69) is 25.9 Å². The number of nitrogens with zero attached hydrogens (tertiary/aromatic N) is 1. The third-order valence-electron chi connectivity index (χ3n) is 6.31. The minimum absolute atomic E-state index is 0.0363. The van der Waals surface area contributed by atoms with Gasteiger partial charge in [-0.25, -0.2) is 9.18 Å². The molecule has 3 amide bonds. The van der Waals surface area contributed by atoms with E-state index in [9.17, 15) is 23.6 Å². The van der Waals surface area contributed by atoms with Gasteiger partial charge in [0.05, 0.1) is 17.1 Å². The molecule has 2 aromatic heterocycles. The molecule has 11 nitrogen and oxygen atoms in total. The SMILES string of the molecule is CCNC(=O)[C@@H](CCC(=O)O)C(=O)c1c[nH]c(-c2cc(Oc3ccc(NC(=O)Nc4cccc(C)c4)c(F)c3)ccn2)c1. The molecule has 12 heteroatoms. The summed E-state index contributed by atoms with van der Waals surface area (Å²) in [5, 5.41) is 16.7. The molecule has 0 fully saturated rings. The molecule has 0 saturated carbocycles. The third-order valence-corrected chi connectivity index (χ3v) is 6.31. The molecule has 4 aromatic rings. The number of ketones is 1. The number of anilines is 2. The van der Waals surface area contributed by atoms with Gasteiger partial charge in [-0.15, -0.1) is 0 Å². The van der Waals surface area contributed by atoms with Crippen LogP contribution in [0.2, 0.25) is 0 Å². The number of rotatable bonds is 12. The maximum absolute atomic E-state index is 14.8. The molecule has 2 aromatic carbocycles. The summed E-state index contributed by atoms with van der Waals surface area (Å²) in [4.78, 5) is 56.1. The van der Waals surface area contributed by atoms with Gasteiger partial charge in [0.15, 0.2) is 5.78 Å². The molecule has 0 bridgehead atoms. The molecule has 43 heavy (non-hydrogen) atoms. The zero-order valence-corrected chi connectivity index (χ0v) is 23.4. The largest absolute Gasteiger partial charge is 0.481 e. The van der Waals surface area contributed by atoms with Crippen LogP contribution < -0.4 is 20.7 Å². The van der Waals surface area contributed by atoms with Crippen molar-refractivity contribution in [3.05, 3.63) is 90.0 Å². The lowest BCUT2D eigenvalue weighted by atomic mass is 9.93.